The summed E-state index contributed by atoms with van der Waals surface area (Å²) in [6, 6.07) is 14.6. The molecule has 0 aliphatic rings. The summed E-state index contributed by atoms with van der Waals surface area (Å²) in [5.74, 6) is 0.639. The molecule has 0 saturated heterocycles. The molecule has 2 aromatic rings. The number of hydrogen-bond acceptors (Lipinski definition) is 3. The van der Waals surface area contributed by atoms with E-state index >= 15 is 0 Å². The first-order valence-corrected chi connectivity index (χ1v) is 8.90. The number of urea groups is 1. The zero-order chi connectivity index (χ0) is 19.9. The lowest BCUT2D eigenvalue weighted by molar-refractivity contribution is -0.114. The van der Waals surface area contributed by atoms with E-state index in [2.05, 4.69) is 48.9 Å². The van der Waals surface area contributed by atoms with Crippen LogP contribution in [0, 0.1) is 0 Å². The van der Waals surface area contributed by atoms with Crippen molar-refractivity contribution in [2.24, 2.45) is 0 Å². The van der Waals surface area contributed by atoms with E-state index in [4.69, 9.17) is 4.74 Å². The molecule has 0 heterocycles. The van der Waals surface area contributed by atoms with E-state index in [1.165, 1.54) is 12.5 Å². The summed E-state index contributed by atoms with van der Waals surface area (Å²) in [4.78, 5) is 22.9. The zero-order valence-electron chi connectivity index (χ0n) is 16.3. The number of anilines is 2. The molecule has 0 aliphatic heterocycles. The highest BCUT2D eigenvalue weighted by atomic mass is 16.5. The van der Waals surface area contributed by atoms with Gasteiger partial charge in [0.15, 0.2) is 0 Å². The number of nitrogens with one attached hydrogen (secondary N) is 3. The highest BCUT2D eigenvalue weighted by molar-refractivity contribution is 5.91. The van der Waals surface area contributed by atoms with Crippen LogP contribution >= 0.6 is 0 Å². The third kappa shape index (κ3) is 7.01. The fourth-order valence-electron chi connectivity index (χ4n) is 2.40. The standard InChI is InChI=1S/C21H27N3O3/c1-15(25)23-17-7-9-18(10-8-17)24-20(26)22-13-14-27-19-11-5-16(6-12-19)21(2,3)4/h5-12H,13-14H2,1-4H3,(H,23,25)(H2,22,24,26). The summed E-state index contributed by atoms with van der Waals surface area (Å²) in [6.45, 7) is 8.71. The van der Waals surface area contributed by atoms with Crippen molar-refractivity contribution in [3.8, 4) is 5.75 Å². The number of ether oxygens (including phenoxy) is 1. The molecule has 0 spiro atoms. The van der Waals surface area contributed by atoms with E-state index < -0.39 is 0 Å². The van der Waals surface area contributed by atoms with Gasteiger partial charge in [-0.3, -0.25) is 4.79 Å². The Hall–Kier alpha value is -3.02. The van der Waals surface area contributed by atoms with Gasteiger partial charge in [0, 0.05) is 18.3 Å². The van der Waals surface area contributed by atoms with Gasteiger partial charge in [-0.2, -0.15) is 0 Å². The molecular formula is C21H27N3O3. The summed E-state index contributed by atoms with van der Waals surface area (Å²) in [6.07, 6.45) is 0. The number of amides is 3. The molecule has 3 N–H and O–H groups in total. The van der Waals surface area contributed by atoms with Gasteiger partial charge in [0.05, 0.1) is 6.54 Å². The molecule has 3 amide bonds. The average molecular weight is 369 g/mol. The van der Waals surface area contributed by atoms with Gasteiger partial charge in [0.1, 0.15) is 12.4 Å². The summed E-state index contributed by atoms with van der Waals surface area (Å²) < 4.78 is 5.64. The molecule has 6 heteroatoms. The van der Waals surface area contributed by atoms with Gasteiger partial charge in [-0.15, -0.1) is 0 Å². The molecule has 6 nitrogen and oxygen atoms in total. The van der Waals surface area contributed by atoms with E-state index in [1.807, 2.05) is 12.1 Å². The number of carbonyl (C=O) groups excluding carboxylic acids is 2. The van der Waals surface area contributed by atoms with Crippen LogP contribution in [0.1, 0.15) is 33.3 Å². The Morgan fingerprint density at radius 3 is 1.96 bits per heavy atom. The number of hydrogen-bond donors (Lipinski definition) is 3. The molecule has 0 fully saturated rings. The van der Waals surface area contributed by atoms with E-state index in [0.717, 1.165) is 5.75 Å². The Morgan fingerprint density at radius 1 is 0.889 bits per heavy atom. The maximum atomic E-state index is 11.9. The molecule has 0 aromatic heterocycles. The van der Waals surface area contributed by atoms with Crippen molar-refractivity contribution >= 4 is 23.3 Å². The van der Waals surface area contributed by atoms with Crippen molar-refractivity contribution in [2.45, 2.75) is 33.1 Å². The first kappa shape index (κ1) is 20.3. The predicted molar refractivity (Wildman–Crippen MR) is 108 cm³/mol. The maximum Gasteiger partial charge on any atom is 0.319 e. The average Bonchev–Trinajstić information content (AvgIpc) is 2.60. The molecule has 2 rings (SSSR count). The highest BCUT2D eigenvalue weighted by Gasteiger charge is 2.12. The third-order valence-corrected chi connectivity index (χ3v) is 3.84. The van der Waals surface area contributed by atoms with Gasteiger partial charge in [0.25, 0.3) is 0 Å². The summed E-state index contributed by atoms with van der Waals surface area (Å²) in [7, 11) is 0. The lowest BCUT2D eigenvalue weighted by atomic mass is 9.87. The topological polar surface area (TPSA) is 79.5 Å². The van der Waals surface area contributed by atoms with E-state index in [-0.39, 0.29) is 17.4 Å². The Kier molecular flexibility index (Phi) is 6.82. The minimum Gasteiger partial charge on any atom is -0.492 e. The fourth-order valence-corrected chi connectivity index (χ4v) is 2.40. The second-order valence-corrected chi connectivity index (χ2v) is 7.26. The van der Waals surface area contributed by atoms with Gasteiger partial charge in [0.2, 0.25) is 5.91 Å². The molecule has 0 atom stereocenters. The zero-order valence-corrected chi connectivity index (χ0v) is 16.3. The Morgan fingerprint density at radius 2 is 1.44 bits per heavy atom. The largest absolute Gasteiger partial charge is 0.492 e. The van der Waals surface area contributed by atoms with Gasteiger partial charge in [-0.1, -0.05) is 32.9 Å². The molecule has 0 bridgehead atoms. The van der Waals surface area contributed by atoms with E-state index in [1.54, 1.807) is 24.3 Å². The van der Waals surface area contributed by atoms with Crippen molar-refractivity contribution in [3.63, 3.8) is 0 Å². The molecule has 0 unspecified atom stereocenters. The van der Waals surface area contributed by atoms with Crippen LogP contribution in [0.4, 0.5) is 16.2 Å². The Bertz CT molecular complexity index is 763. The maximum absolute atomic E-state index is 11.9. The molecule has 0 saturated carbocycles. The molecule has 144 valence electrons. The van der Waals surface area contributed by atoms with E-state index in [9.17, 15) is 9.59 Å². The summed E-state index contributed by atoms with van der Waals surface area (Å²) in [5.41, 5.74) is 2.68. The van der Waals surface area contributed by atoms with Crippen LogP contribution in [0.5, 0.6) is 5.75 Å². The van der Waals surface area contributed by atoms with Crippen LogP contribution in [0.3, 0.4) is 0 Å². The van der Waals surface area contributed by atoms with Gasteiger partial charge < -0.3 is 20.7 Å². The lowest BCUT2D eigenvalue weighted by Gasteiger charge is -2.19. The summed E-state index contributed by atoms with van der Waals surface area (Å²) in [5, 5.41) is 8.14. The SMILES string of the molecule is CC(=O)Nc1ccc(NC(=O)NCCOc2ccc(C(C)(C)C)cc2)cc1. The predicted octanol–water partition coefficient (Wildman–Crippen LogP) is 4.14. The fraction of sp³-hybridized carbons (Fsp3) is 0.333. The molecule has 27 heavy (non-hydrogen) atoms. The number of benzene rings is 2. The van der Waals surface area contributed by atoms with Crippen LogP contribution in [-0.4, -0.2) is 25.1 Å². The minimum atomic E-state index is -0.311. The Labute approximate surface area is 160 Å². The van der Waals surface area contributed by atoms with Crippen LogP contribution in [0.15, 0.2) is 48.5 Å². The number of carbonyl (C=O) groups is 2. The van der Waals surface area contributed by atoms with Crippen molar-refractivity contribution in [3.05, 3.63) is 54.1 Å². The monoisotopic (exact) mass is 369 g/mol. The van der Waals surface area contributed by atoms with Crippen molar-refractivity contribution < 1.29 is 14.3 Å². The van der Waals surface area contributed by atoms with Crippen LogP contribution < -0.4 is 20.7 Å². The molecule has 2 aromatic carbocycles. The minimum absolute atomic E-state index is 0.110. The quantitative estimate of drug-likeness (QED) is 0.670. The second-order valence-electron chi connectivity index (χ2n) is 7.26. The molecule has 0 radical (unpaired) electrons. The van der Waals surface area contributed by atoms with Gasteiger partial charge in [-0.05, 0) is 47.4 Å². The molecular weight excluding hydrogens is 342 g/mol. The van der Waals surface area contributed by atoms with Crippen molar-refractivity contribution in [1.29, 1.82) is 0 Å². The van der Waals surface area contributed by atoms with Gasteiger partial charge in [-0.25, -0.2) is 4.79 Å². The van der Waals surface area contributed by atoms with Crippen molar-refractivity contribution in [1.82, 2.24) is 5.32 Å². The highest BCUT2D eigenvalue weighted by Crippen LogP contribution is 2.24. The first-order chi connectivity index (χ1) is 12.7. The van der Waals surface area contributed by atoms with Crippen LogP contribution in [-0.2, 0) is 10.2 Å². The smallest absolute Gasteiger partial charge is 0.319 e. The van der Waals surface area contributed by atoms with Gasteiger partial charge >= 0.3 is 6.03 Å². The lowest BCUT2D eigenvalue weighted by Crippen LogP contribution is -2.32. The van der Waals surface area contributed by atoms with Crippen molar-refractivity contribution in [2.75, 3.05) is 23.8 Å². The Balaban J connectivity index is 1.71. The normalized spacial score (nSPS) is 10.8. The second kappa shape index (κ2) is 9.07. The van der Waals surface area contributed by atoms with Crippen LogP contribution in [0.25, 0.3) is 0 Å². The van der Waals surface area contributed by atoms with E-state index in [0.29, 0.717) is 24.5 Å². The van der Waals surface area contributed by atoms with Crippen LogP contribution in [0.2, 0.25) is 0 Å². The summed E-state index contributed by atoms with van der Waals surface area (Å²) >= 11 is 0. The third-order valence-electron chi connectivity index (χ3n) is 3.84. The molecule has 0 aliphatic carbocycles. The number of rotatable bonds is 6. The first-order valence-electron chi connectivity index (χ1n) is 8.90.